The Hall–Kier alpha value is -0.890. The van der Waals surface area contributed by atoms with E-state index in [0.717, 1.165) is 24.9 Å². The molecule has 1 aromatic rings. The third-order valence-corrected chi connectivity index (χ3v) is 3.38. The zero-order valence-corrected chi connectivity index (χ0v) is 10.2. The topological polar surface area (TPSA) is 24.9 Å². The standard InChI is InChI=1S/C14H22N2/c1-2-14(10-12-5-6-12)16-9-7-13-4-3-8-15-11-13/h3-4,8,11-12,14,16H,2,5-7,9-10H2,1H3. The van der Waals surface area contributed by atoms with Crippen molar-refractivity contribution in [3.05, 3.63) is 30.1 Å². The van der Waals surface area contributed by atoms with E-state index in [1.54, 1.807) is 0 Å². The van der Waals surface area contributed by atoms with Crippen LogP contribution in [0.25, 0.3) is 0 Å². The van der Waals surface area contributed by atoms with Crippen LogP contribution in [0.15, 0.2) is 24.5 Å². The van der Waals surface area contributed by atoms with Crippen LogP contribution in [0.2, 0.25) is 0 Å². The lowest BCUT2D eigenvalue weighted by Gasteiger charge is -2.16. The second kappa shape index (κ2) is 6.00. The Kier molecular flexibility index (Phi) is 4.34. The molecule has 1 unspecified atom stereocenters. The van der Waals surface area contributed by atoms with Crippen LogP contribution in [0.5, 0.6) is 0 Å². The lowest BCUT2D eigenvalue weighted by molar-refractivity contribution is 0.448. The Bertz CT molecular complexity index is 293. The van der Waals surface area contributed by atoms with E-state index in [1.165, 1.54) is 31.2 Å². The minimum Gasteiger partial charge on any atom is -0.314 e. The molecule has 1 N–H and O–H groups in total. The van der Waals surface area contributed by atoms with Crippen LogP contribution < -0.4 is 5.32 Å². The van der Waals surface area contributed by atoms with Crippen LogP contribution in [-0.4, -0.2) is 17.6 Å². The van der Waals surface area contributed by atoms with Crippen molar-refractivity contribution in [3.8, 4) is 0 Å². The lowest BCUT2D eigenvalue weighted by Crippen LogP contribution is -2.30. The minimum absolute atomic E-state index is 0.726. The summed E-state index contributed by atoms with van der Waals surface area (Å²) in [6, 6.07) is 4.89. The van der Waals surface area contributed by atoms with Crippen LogP contribution in [0.3, 0.4) is 0 Å². The fourth-order valence-corrected chi connectivity index (χ4v) is 2.12. The van der Waals surface area contributed by atoms with Crippen molar-refractivity contribution < 1.29 is 0 Å². The van der Waals surface area contributed by atoms with Crippen LogP contribution in [0, 0.1) is 5.92 Å². The van der Waals surface area contributed by atoms with Gasteiger partial charge in [-0.05, 0) is 43.4 Å². The number of hydrogen-bond donors (Lipinski definition) is 1. The lowest BCUT2D eigenvalue weighted by atomic mass is 10.1. The second-order valence-electron chi connectivity index (χ2n) is 4.85. The highest BCUT2D eigenvalue weighted by Crippen LogP contribution is 2.33. The van der Waals surface area contributed by atoms with Crippen LogP contribution in [-0.2, 0) is 6.42 Å². The summed E-state index contributed by atoms with van der Waals surface area (Å²) in [7, 11) is 0. The van der Waals surface area contributed by atoms with Gasteiger partial charge < -0.3 is 5.32 Å². The van der Waals surface area contributed by atoms with Crippen molar-refractivity contribution in [2.45, 2.75) is 45.1 Å². The van der Waals surface area contributed by atoms with E-state index >= 15 is 0 Å². The summed E-state index contributed by atoms with van der Waals surface area (Å²) < 4.78 is 0. The highest BCUT2D eigenvalue weighted by Gasteiger charge is 2.24. The van der Waals surface area contributed by atoms with Gasteiger partial charge in [-0.25, -0.2) is 0 Å². The van der Waals surface area contributed by atoms with Crippen molar-refractivity contribution in [3.63, 3.8) is 0 Å². The van der Waals surface area contributed by atoms with Gasteiger partial charge in [-0.1, -0.05) is 25.8 Å². The van der Waals surface area contributed by atoms with Crippen LogP contribution in [0.4, 0.5) is 0 Å². The zero-order valence-electron chi connectivity index (χ0n) is 10.2. The van der Waals surface area contributed by atoms with E-state index in [1.807, 2.05) is 18.5 Å². The highest BCUT2D eigenvalue weighted by molar-refractivity contribution is 5.08. The molecule has 2 nitrogen and oxygen atoms in total. The van der Waals surface area contributed by atoms with Gasteiger partial charge >= 0.3 is 0 Å². The summed E-state index contributed by atoms with van der Waals surface area (Å²) >= 11 is 0. The Balaban J connectivity index is 1.65. The SMILES string of the molecule is CCC(CC1CC1)NCCc1cccnc1. The normalized spacial score (nSPS) is 17.3. The van der Waals surface area contributed by atoms with E-state index in [0.29, 0.717) is 0 Å². The van der Waals surface area contributed by atoms with Gasteiger partial charge in [0.25, 0.3) is 0 Å². The van der Waals surface area contributed by atoms with Gasteiger partial charge in [0.05, 0.1) is 0 Å². The number of nitrogens with one attached hydrogen (secondary N) is 1. The van der Waals surface area contributed by atoms with Crippen molar-refractivity contribution in [2.75, 3.05) is 6.54 Å². The summed E-state index contributed by atoms with van der Waals surface area (Å²) in [5.41, 5.74) is 1.33. The first-order valence-corrected chi connectivity index (χ1v) is 6.50. The summed E-state index contributed by atoms with van der Waals surface area (Å²) in [4.78, 5) is 4.13. The number of pyridine rings is 1. The van der Waals surface area contributed by atoms with E-state index in [2.05, 4.69) is 23.3 Å². The molecule has 1 aliphatic carbocycles. The summed E-state index contributed by atoms with van der Waals surface area (Å²) in [6.45, 7) is 3.36. The maximum Gasteiger partial charge on any atom is 0.0300 e. The van der Waals surface area contributed by atoms with Gasteiger partial charge in [-0.3, -0.25) is 4.98 Å². The molecule has 0 aliphatic heterocycles. The monoisotopic (exact) mass is 218 g/mol. The molecule has 0 spiro atoms. The molecule has 0 amide bonds. The van der Waals surface area contributed by atoms with Crippen molar-refractivity contribution in [1.82, 2.24) is 10.3 Å². The van der Waals surface area contributed by atoms with Gasteiger partial charge in [0.2, 0.25) is 0 Å². The Labute approximate surface area is 98.5 Å². The van der Waals surface area contributed by atoms with Gasteiger partial charge in [0, 0.05) is 18.4 Å². The maximum absolute atomic E-state index is 4.13. The molecule has 1 fully saturated rings. The zero-order chi connectivity index (χ0) is 11.2. The smallest absolute Gasteiger partial charge is 0.0300 e. The fourth-order valence-electron chi connectivity index (χ4n) is 2.12. The molecule has 0 bridgehead atoms. The van der Waals surface area contributed by atoms with Crippen molar-refractivity contribution in [2.24, 2.45) is 5.92 Å². The molecule has 1 atom stereocenters. The second-order valence-corrected chi connectivity index (χ2v) is 4.85. The minimum atomic E-state index is 0.726. The fraction of sp³-hybridized carbons (Fsp3) is 0.643. The number of aromatic nitrogens is 1. The van der Waals surface area contributed by atoms with E-state index in [9.17, 15) is 0 Å². The molecule has 2 rings (SSSR count). The predicted molar refractivity (Wildman–Crippen MR) is 67.4 cm³/mol. The molecular weight excluding hydrogens is 196 g/mol. The molecule has 1 aromatic heterocycles. The average molecular weight is 218 g/mol. The van der Waals surface area contributed by atoms with Crippen molar-refractivity contribution >= 4 is 0 Å². The average Bonchev–Trinajstić information content (AvgIpc) is 3.13. The van der Waals surface area contributed by atoms with Gasteiger partial charge in [0.1, 0.15) is 0 Å². The Morgan fingerprint density at radius 3 is 3.00 bits per heavy atom. The number of rotatable bonds is 7. The van der Waals surface area contributed by atoms with Crippen LogP contribution >= 0.6 is 0 Å². The molecule has 1 saturated carbocycles. The van der Waals surface area contributed by atoms with Gasteiger partial charge in [0.15, 0.2) is 0 Å². The molecule has 0 saturated heterocycles. The molecule has 0 radical (unpaired) electrons. The van der Waals surface area contributed by atoms with Crippen molar-refractivity contribution in [1.29, 1.82) is 0 Å². The first-order chi connectivity index (χ1) is 7.88. The largest absolute Gasteiger partial charge is 0.314 e. The molecule has 1 aliphatic rings. The summed E-state index contributed by atoms with van der Waals surface area (Å²) in [5, 5.41) is 3.66. The van der Waals surface area contributed by atoms with Gasteiger partial charge in [-0.15, -0.1) is 0 Å². The van der Waals surface area contributed by atoms with Crippen LogP contribution in [0.1, 0.15) is 38.2 Å². The third kappa shape index (κ3) is 3.93. The quantitative estimate of drug-likeness (QED) is 0.761. The number of hydrogen-bond acceptors (Lipinski definition) is 2. The Morgan fingerprint density at radius 2 is 2.38 bits per heavy atom. The predicted octanol–water partition coefficient (Wildman–Crippen LogP) is 2.79. The van der Waals surface area contributed by atoms with Gasteiger partial charge in [-0.2, -0.15) is 0 Å². The highest BCUT2D eigenvalue weighted by atomic mass is 14.9. The first kappa shape index (κ1) is 11.6. The molecule has 2 heteroatoms. The van der Waals surface area contributed by atoms with E-state index in [-0.39, 0.29) is 0 Å². The van der Waals surface area contributed by atoms with E-state index < -0.39 is 0 Å². The molecule has 0 aromatic carbocycles. The molecule has 1 heterocycles. The number of nitrogens with zero attached hydrogens (tertiary/aromatic N) is 1. The third-order valence-electron chi connectivity index (χ3n) is 3.38. The maximum atomic E-state index is 4.13. The molecule has 16 heavy (non-hydrogen) atoms. The molecular formula is C14H22N2. The van der Waals surface area contributed by atoms with E-state index in [4.69, 9.17) is 0 Å². The summed E-state index contributed by atoms with van der Waals surface area (Å²) in [6.07, 6.45) is 10.4. The summed E-state index contributed by atoms with van der Waals surface area (Å²) in [5.74, 6) is 1.02. The molecule has 88 valence electrons. The first-order valence-electron chi connectivity index (χ1n) is 6.50. The Morgan fingerprint density at radius 1 is 1.50 bits per heavy atom.